The zero-order valence-electron chi connectivity index (χ0n) is 24.2. The number of carboxylic acid groups (broad SMARTS) is 1. The van der Waals surface area contributed by atoms with Gasteiger partial charge in [0.25, 0.3) is 0 Å². The summed E-state index contributed by atoms with van der Waals surface area (Å²) in [4.78, 5) is 62.9. The summed E-state index contributed by atoms with van der Waals surface area (Å²) in [5.74, 6) is -5.99. The van der Waals surface area contributed by atoms with Crippen LogP contribution >= 0.6 is 0 Å². The minimum absolute atomic E-state index is 0.0214. The number of Topliss-reactive ketones (excluding diaryl/α,β-unsaturated/α-hetero) is 1. The number of nitrogens with one attached hydrogen (secondary N) is 2. The van der Waals surface area contributed by atoms with Gasteiger partial charge in [0.05, 0.1) is 12.0 Å². The van der Waals surface area contributed by atoms with Crippen molar-refractivity contribution < 1.29 is 47.0 Å². The van der Waals surface area contributed by atoms with Crippen LogP contribution in [-0.2, 0) is 23.9 Å². The van der Waals surface area contributed by atoms with Gasteiger partial charge in [0.15, 0.2) is 5.78 Å². The summed E-state index contributed by atoms with van der Waals surface area (Å²) >= 11 is 0. The minimum Gasteiger partial charge on any atom is -0.481 e. The first kappa shape index (κ1) is 32.5. The van der Waals surface area contributed by atoms with E-state index in [4.69, 9.17) is 4.74 Å². The van der Waals surface area contributed by atoms with Gasteiger partial charge in [-0.1, -0.05) is 55.5 Å². The molecule has 4 atom stereocenters. The number of benzene rings is 2. The van der Waals surface area contributed by atoms with Crippen molar-refractivity contribution in [1.82, 2.24) is 15.5 Å². The van der Waals surface area contributed by atoms with E-state index in [1.54, 1.807) is 6.92 Å². The highest BCUT2D eigenvalue weighted by Gasteiger charge is 2.48. The molecular formula is C31H34F3N3O7. The summed E-state index contributed by atoms with van der Waals surface area (Å²) in [6.45, 7) is 2.64. The molecular weight excluding hydrogens is 583 g/mol. The lowest BCUT2D eigenvalue weighted by Crippen LogP contribution is -2.53. The van der Waals surface area contributed by atoms with E-state index >= 15 is 0 Å². The van der Waals surface area contributed by atoms with Crippen molar-refractivity contribution in [2.24, 2.45) is 5.92 Å². The molecule has 0 radical (unpaired) electrons. The predicted molar refractivity (Wildman–Crippen MR) is 151 cm³/mol. The summed E-state index contributed by atoms with van der Waals surface area (Å²) < 4.78 is 44.9. The molecule has 236 valence electrons. The number of carbonyl (C=O) groups excluding carboxylic acids is 4. The first-order valence-electron chi connectivity index (χ1n) is 14.3. The molecule has 1 fully saturated rings. The average Bonchev–Trinajstić information content (AvgIpc) is 3.58. The number of hydrogen-bond acceptors (Lipinski definition) is 6. The Kier molecular flexibility index (Phi) is 9.95. The second kappa shape index (κ2) is 13.5. The smallest absolute Gasteiger partial charge is 0.471 e. The maximum Gasteiger partial charge on any atom is 0.471 e. The zero-order valence-corrected chi connectivity index (χ0v) is 24.2. The molecule has 2 aliphatic rings. The third kappa shape index (κ3) is 7.37. The van der Waals surface area contributed by atoms with Crippen molar-refractivity contribution in [2.75, 3.05) is 13.2 Å². The van der Waals surface area contributed by atoms with Crippen LogP contribution in [0, 0.1) is 5.92 Å². The number of carboxylic acids is 1. The molecule has 1 saturated heterocycles. The van der Waals surface area contributed by atoms with Crippen LogP contribution in [0.15, 0.2) is 48.5 Å². The van der Waals surface area contributed by atoms with Crippen molar-refractivity contribution in [3.05, 3.63) is 59.7 Å². The molecule has 0 spiro atoms. The first-order chi connectivity index (χ1) is 20.8. The molecule has 0 aromatic heterocycles. The van der Waals surface area contributed by atoms with Gasteiger partial charge in [-0.25, -0.2) is 4.79 Å². The van der Waals surface area contributed by atoms with Crippen LogP contribution in [0.25, 0.3) is 11.1 Å². The Morgan fingerprint density at radius 2 is 1.57 bits per heavy atom. The molecule has 1 aliphatic carbocycles. The quantitative estimate of drug-likeness (QED) is 0.346. The van der Waals surface area contributed by atoms with Gasteiger partial charge in [0.2, 0.25) is 5.91 Å². The summed E-state index contributed by atoms with van der Waals surface area (Å²) in [6.07, 6.45) is -6.71. The van der Waals surface area contributed by atoms with Gasteiger partial charge in [-0.2, -0.15) is 13.2 Å². The number of likely N-dealkylation sites (tertiary alicyclic amines) is 1. The first-order valence-corrected chi connectivity index (χ1v) is 14.3. The molecule has 2 aromatic carbocycles. The molecule has 1 heterocycles. The molecule has 0 bridgehead atoms. The Morgan fingerprint density at radius 1 is 0.977 bits per heavy atom. The number of amides is 3. The number of alkyl halides is 3. The van der Waals surface area contributed by atoms with Crippen LogP contribution in [0.2, 0.25) is 0 Å². The number of halogens is 3. The average molecular weight is 618 g/mol. The molecule has 0 saturated carbocycles. The van der Waals surface area contributed by atoms with Crippen LogP contribution in [0.4, 0.5) is 18.0 Å². The number of rotatable bonds is 11. The summed E-state index contributed by atoms with van der Waals surface area (Å²) in [5, 5.41) is 14.1. The van der Waals surface area contributed by atoms with Gasteiger partial charge in [-0.3, -0.25) is 19.2 Å². The molecule has 2 aromatic rings. The Hall–Kier alpha value is -4.42. The summed E-state index contributed by atoms with van der Waals surface area (Å²) in [5.41, 5.74) is 3.89. The third-order valence-electron chi connectivity index (χ3n) is 8.00. The second-order valence-corrected chi connectivity index (χ2v) is 11.2. The van der Waals surface area contributed by atoms with Crippen molar-refractivity contribution in [3.8, 4) is 11.1 Å². The Balaban J connectivity index is 1.47. The van der Waals surface area contributed by atoms with E-state index in [1.165, 1.54) is 6.92 Å². The molecule has 1 aliphatic heterocycles. The van der Waals surface area contributed by atoms with Crippen molar-refractivity contribution in [2.45, 2.75) is 69.8 Å². The largest absolute Gasteiger partial charge is 0.481 e. The molecule has 44 heavy (non-hydrogen) atoms. The standard InChI is InChI=1S/C31H34F3N3O7/c1-17(28(40)41)14-18(2)35-27(39)24(15-26(38)25-12-7-13-37(25)29(42)31(32,33)34)36-30(43)44-16-23-21-10-5-3-8-19(21)20-9-4-6-11-22(20)23/h3-6,8-11,17-18,23-25H,7,12-16H2,1-2H3,(H,35,39)(H,36,43)(H,40,41)/t17-,18-,24+,25+/m1/s1. The van der Waals surface area contributed by atoms with Crippen molar-refractivity contribution >= 4 is 29.7 Å². The number of fused-ring (bicyclic) bond motifs is 3. The van der Waals surface area contributed by atoms with Gasteiger partial charge < -0.3 is 25.4 Å². The highest BCUT2D eigenvalue weighted by molar-refractivity contribution is 5.96. The second-order valence-electron chi connectivity index (χ2n) is 11.2. The molecule has 3 N–H and O–H groups in total. The van der Waals surface area contributed by atoms with Crippen LogP contribution in [0.3, 0.4) is 0 Å². The number of ether oxygens (including phenoxy) is 1. The van der Waals surface area contributed by atoms with E-state index in [9.17, 15) is 42.3 Å². The fraction of sp³-hybridized carbons (Fsp3) is 0.452. The molecule has 3 amide bonds. The van der Waals surface area contributed by atoms with E-state index in [-0.39, 0.29) is 38.3 Å². The van der Waals surface area contributed by atoms with Gasteiger partial charge in [-0.05, 0) is 48.4 Å². The van der Waals surface area contributed by atoms with Gasteiger partial charge in [0, 0.05) is 24.9 Å². The van der Waals surface area contributed by atoms with E-state index in [0.29, 0.717) is 4.90 Å². The van der Waals surface area contributed by atoms with Gasteiger partial charge >= 0.3 is 24.1 Å². The van der Waals surface area contributed by atoms with Crippen LogP contribution in [-0.4, -0.2) is 77.1 Å². The number of ketones is 1. The molecule has 10 nitrogen and oxygen atoms in total. The van der Waals surface area contributed by atoms with E-state index < -0.39 is 66.3 Å². The van der Waals surface area contributed by atoms with Gasteiger partial charge in [-0.15, -0.1) is 0 Å². The number of aliphatic carboxylic acids is 1. The lowest BCUT2D eigenvalue weighted by Gasteiger charge is -2.27. The highest BCUT2D eigenvalue weighted by atomic mass is 19.4. The van der Waals surface area contributed by atoms with E-state index in [1.807, 2.05) is 48.5 Å². The SMILES string of the molecule is C[C@H](C[C@@H](C)C(=O)O)NC(=O)[C@H](CC(=O)[C@@H]1CCCN1C(=O)C(F)(F)F)NC(=O)OCC1c2ccccc2-c2ccccc21. The Bertz CT molecular complexity index is 1380. The molecule has 4 rings (SSSR count). The van der Waals surface area contributed by atoms with Crippen LogP contribution < -0.4 is 10.6 Å². The Morgan fingerprint density at radius 3 is 2.14 bits per heavy atom. The maximum absolute atomic E-state index is 13.2. The number of hydrogen-bond donors (Lipinski definition) is 3. The normalized spacial score (nSPS) is 18.0. The fourth-order valence-electron chi connectivity index (χ4n) is 5.87. The Labute approximate surface area is 251 Å². The van der Waals surface area contributed by atoms with Crippen molar-refractivity contribution in [1.29, 1.82) is 0 Å². The highest BCUT2D eigenvalue weighted by Crippen LogP contribution is 2.44. The number of alkyl carbamates (subject to hydrolysis) is 1. The zero-order chi connectivity index (χ0) is 32.2. The number of nitrogens with zero attached hydrogens (tertiary/aromatic N) is 1. The summed E-state index contributed by atoms with van der Waals surface area (Å²) in [6, 6.07) is 11.7. The van der Waals surface area contributed by atoms with Crippen LogP contribution in [0.1, 0.15) is 56.6 Å². The lowest BCUT2D eigenvalue weighted by atomic mass is 9.98. The minimum atomic E-state index is -5.17. The monoisotopic (exact) mass is 617 g/mol. The fourth-order valence-corrected chi connectivity index (χ4v) is 5.87. The maximum atomic E-state index is 13.2. The lowest BCUT2D eigenvalue weighted by molar-refractivity contribution is -0.186. The summed E-state index contributed by atoms with van der Waals surface area (Å²) in [7, 11) is 0. The molecule has 0 unspecified atom stereocenters. The van der Waals surface area contributed by atoms with Crippen LogP contribution in [0.5, 0.6) is 0 Å². The predicted octanol–water partition coefficient (Wildman–Crippen LogP) is 4.02. The van der Waals surface area contributed by atoms with Crippen molar-refractivity contribution in [3.63, 3.8) is 0 Å². The topological polar surface area (TPSA) is 142 Å². The third-order valence-corrected chi connectivity index (χ3v) is 8.00. The van der Waals surface area contributed by atoms with E-state index in [2.05, 4.69) is 10.6 Å². The van der Waals surface area contributed by atoms with Gasteiger partial charge in [0.1, 0.15) is 12.6 Å². The molecule has 13 heteroatoms. The van der Waals surface area contributed by atoms with E-state index in [0.717, 1.165) is 22.3 Å². The number of carbonyl (C=O) groups is 5.